The van der Waals surface area contributed by atoms with Crippen molar-refractivity contribution in [1.82, 2.24) is 0 Å². The van der Waals surface area contributed by atoms with E-state index >= 15 is 0 Å². The lowest BCUT2D eigenvalue weighted by molar-refractivity contribution is -0.166. The third kappa shape index (κ3) is 2.19. The van der Waals surface area contributed by atoms with Gasteiger partial charge >= 0.3 is 5.97 Å². The summed E-state index contributed by atoms with van der Waals surface area (Å²) in [6.07, 6.45) is 0.0748. The van der Waals surface area contributed by atoms with Crippen LogP contribution < -0.4 is 0 Å². The molecule has 3 atom stereocenters. The van der Waals surface area contributed by atoms with Crippen LogP contribution >= 0.6 is 0 Å². The largest absolute Gasteiger partial charge is 0.479 e. The third-order valence-corrected chi connectivity index (χ3v) is 2.11. The van der Waals surface area contributed by atoms with E-state index in [-0.39, 0.29) is 12.5 Å². The molecule has 0 saturated carbocycles. The summed E-state index contributed by atoms with van der Waals surface area (Å²) < 4.78 is 5.21. The molecule has 12 heavy (non-hydrogen) atoms. The van der Waals surface area contributed by atoms with Gasteiger partial charge < -0.3 is 14.9 Å². The molecule has 1 aliphatic heterocycles. The fourth-order valence-corrected chi connectivity index (χ4v) is 1.41. The van der Waals surface area contributed by atoms with Gasteiger partial charge in [0.2, 0.25) is 0 Å². The Morgan fingerprint density at radius 2 is 2.25 bits per heavy atom. The lowest BCUT2D eigenvalue weighted by atomic mass is 10.00. The van der Waals surface area contributed by atoms with Crippen LogP contribution in [-0.4, -0.2) is 34.5 Å². The smallest absolute Gasteiger partial charge is 0.332 e. The van der Waals surface area contributed by atoms with Crippen molar-refractivity contribution in [2.24, 2.45) is 0 Å². The van der Waals surface area contributed by atoms with Crippen LogP contribution in [-0.2, 0) is 9.53 Å². The van der Waals surface area contributed by atoms with Crippen molar-refractivity contribution in [3.63, 3.8) is 0 Å². The molecule has 0 aromatic rings. The van der Waals surface area contributed by atoms with Crippen LogP contribution in [0, 0.1) is 0 Å². The Morgan fingerprint density at radius 1 is 1.58 bits per heavy atom. The topological polar surface area (TPSA) is 66.8 Å². The summed E-state index contributed by atoms with van der Waals surface area (Å²) in [6, 6.07) is 0. The Bertz CT molecular complexity index is 168. The predicted octanol–water partition coefficient (Wildman–Crippen LogP) is 0.389. The summed E-state index contributed by atoms with van der Waals surface area (Å²) in [4.78, 5) is 10.5. The number of aliphatic hydroxyl groups is 1. The zero-order valence-electron chi connectivity index (χ0n) is 7.06. The highest BCUT2D eigenvalue weighted by molar-refractivity contribution is 5.72. The first-order valence-electron chi connectivity index (χ1n) is 4.19. The van der Waals surface area contributed by atoms with Gasteiger partial charge in [-0.2, -0.15) is 0 Å². The van der Waals surface area contributed by atoms with Crippen molar-refractivity contribution in [3.05, 3.63) is 0 Å². The Kier molecular flexibility index (Phi) is 3.05. The number of aliphatic hydroxyl groups excluding tert-OH is 1. The molecular formula is C8H14O4. The molecule has 1 fully saturated rings. The maximum absolute atomic E-state index is 10.5. The fraction of sp³-hybridized carbons (Fsp3) is 0.875. The van der Waals surface area contributed by atoms with E-state index < -0.39 is 18.2 Å². The Balaban J connectivity index is 2.51. The van der Waals surface area contributed by atoms with Crippen LogP contribution in [0.25, 0.3) is 0 Å². The molecule has 70 valence electrons. The average molecular weight is 174 g/mol. The number of hydrogen-bond donors (Lipinski definition) is 2. The molecule has 0 aliphatic carbocycles. The van der Waals surface area contributed by atoms with Crippen LogP contribution in [0.5, 0.6) is 0 Å². The van der Waals surface area contributed by atoms with Gasteiger partial charge in [-0.05, 0) is 12.8 Å². The van der Waals surface area contributed by atoms with Gasteiger partial charge in [0.1, 0.15) is 0 Å². The molecular weight excluding hydrogens is 160 g/mol. The SMILES string of the molecule is CCC1C[C@@H](O)C[C@@H](C(=O)O)O1. The molecule has 1 heterocycles. The minimum atomic E-state index is -0.979. The molecule has 4 heteroatoms. The van der Waals surface area contributed by atoms with Crippen LogP contribution in [0.15, 0.2) is 0 Å². The summed E-state index contributed by atoms with van der Waals surface area (Å²) >= 11 is 0. The van der Waals surface area contributed by atoms with Crippen molar-refractivity contribution >= 4 is 5.97 Å². The molecule has 0 aromatic heterocycles. The van der Waals surface area contributed by atoms with Gasteiger partial charge in [-0.25, -0.2) is 4.79 Å². The number of hydrogen-bond acceptors (Lipinski definition) is 3. The maximum atomic E-state index is 10.5. The zero-order chi connectivity index (χ0) is 9.14. The quantitative estimate of drug-likeness (QED) is 0.635. The number of carboxylic acids is 1. The molecule has 1 rings (SSSR count). The fourth-order valence-electron chi connectivity index (χ4n) is 1.41. The lowest BCUT2D eigenvalue weighted by Gasteiger charge is -2.30. The van der Waals surface area contributed by atoms with Crippen LogP contribution in [0.1, 0.15) is 26.2 Å². The van der Waals surface area contributed by atoms with Crippen molar-refractivity contribution < 1.29 is 19.7 Å². The second kappa shape index (κ2) is 3.87. The minimum Gasteiger partial charge on any atom is -0.479 e. The van der Waals surface area contributed by atoms with Crippen molar-refractivity contribution in [2.75, 3.05) is 0 Å². The summed E-state index contributed by atoms with van der Waals surface area (Å²) in [5, 5.41) is 17.9. The Labute approximate surface area is 71.2 Å². The average Bonchev–Trinajstić information content (AvgIpc) is 2.03. The number of rotatable bonds is 2. The molecule has 0 spiro atoms. The van der Waals surface area contributed by atoms with Gasteiger partial charge in [0.25, 0.3) is 0 Å². The van der Waals surface area contributed by atoms with E-state index in [2.05, 4.69) is 0 Å². The number of ether oxygens (including phenoxy) is 1. The van der Waals surface area contributed by atoms with E-state index in [1.54, 1.807) is 0 Å². The molecule has 0 aromatic carbocycles. The number of aliphatic carboxylic acids is 1. The van der Waals surface area contributed by atoms with Gasteiger partial charge in [-0.1, -0.05) is 6.92 Å². The van der Waals surface area contributed by atoms with E-state index in [1.807, 2.05) is 6.92 Å². The van der Waals surface area contributed by atoms with Crippen LogP contribution in [0.3, 0.4) is 0 Å². The first-order valence-corrected chi connectivity index (χ1v) is 4.19. The van der Waals surface area contributed by atoms with E-state index in [0.717, 1.165) is 6.42 Å². The molecule has 0 bridgehead atoms. The minimum absolute atomic E-state index is 0.102. The molecule has 0 amide bonds. The highest BCUT2D eigenvalue weighted by atomic mass is 16.5. The standard InChI is InChI=1S/C8H14O4/c1-2-6-3-5(9)4-7(12-6)8(10)11/h5-7,9H,2-4H2,1H3,(H,10,11)/t5-,6?,7+/m1/s1. The van der Waals surface area contributed by atoms with E-state index in [0.29, 0.717) is 6.42 Å². The van der Waals surface area contributed by atoms with Crippen molar-refractivity contribution in [2.45, 2.75) is 44.5 Å². The Morgan fingerprint density at radius 3 is 2.75 bits per heavy atom. The predicted molar refractivity (Wildman–Crippen MR) is 41.8 cm³/mol. The Hall–Kier alpha value is -0.610. The first kappa shape index (κ1) is 9.48. The summed E-state index contributed by atoms with van der Waals surface area (Å²) in [5.74, 6) is -0.979. The zero-order valence-corrected chi connectivity index (χ0v) is 7.06. The third-order valence-electron chi connectivity index (χ3n) is 2.11. The maximum Gasteiger partial charge on any atom is 0.332 e. The molecule has 4 nitrogen and oxygen atoms in total. The van der Waals surface area contributed by atoms with E-state index in [9.17, 15) is 9.90 Å². The first-order chi connectivity index (χ1) is 5.63. The summed E-state index contributed by atoms with van der Waals surface area (Å²) in [6.45, 7) is 1.92. The molecule has 1 aliphatic rings. The van der Waals surface area contributed by atoms with Gasteiger partial charge in [0, 0.05) is 6.42 Å². The molecule has 1 unspecified atom stereocenters. The monoisotopic (exact) mass is 174 g/mol. The second-order valence-electron chi connectivity index (χ2n) is 3.12. The summed E-state index contributed by atoms with van der Waals surface area (Å²) in [5.41, 5.74) is 0. The van der Waals surface area contributed by atoms with Crippen LogP contribution in [0.4, 0.5) is 0 Å². The van der Waals surface area contributed by atoms with Gasteiger partial charge in [0.05, 0.1) is 12.2 Å². The summed E-state index contributed by atoms with van der Waals surface area (Å²) in [7, 11) is 0. The second-order valence-corrected chi connectivity index (χ2v) is 3.12. The van der Waals surface area contributed by atoms with Crippen molar-refractivity contribution in [3.8, 4) is 0 Å². The van der Waals surface area contributed by atoms with Gasteiger partial charge in [0.15, 0.2) is 6.10 Å². The number of carbonyl (C=O) groups is 1. The molecule has 1 saturated heterocycles. The van der Waals surface area contributed by atoms with E-state index in [4.69, 9.17) is 9.84 Å². The van der Waals surface area contributed by atoms with Gasteiger partial charge in [-0.15, -0.1) is 0 Å². The normalized spacial score (nSPS) is 36.3. The van der Waals surface area contributed by atoms with Crippen molar-refractivity contribution in [1.29, 1.82) is 0 Å². The number of carboxylic acid groups (broad SMARTS) is 1. The molecule has 2 N–H and O–H groups in total. The molecule has 0 radical (unpaired) electrons. The van der Waals surface area contributed by atoms with E-state index in [1.165, 1.54) is 0 Å². The lowest BCUT2D eigenvalue weighted by Crippen LogP contribution is -2.39. The highest BCUT2D eigenvalue weighted by Gasteiger charge is 2.31. The highest BCUT2D eigenvalue weighted by Crippen LogP contribution is 2.21. The van der Waals surface area contributed by atoms with Crippen LogP contribution in [0.2, 0.25) is 0 Å². The van der Waals surface area contributed by atoms with Gasteiger partial charge in [-0.3, -0.25) is 0 Å².